The van der Waals surface area contributed by atoms with E-state index in [9.17, 15) is 14.0 Å². The molecule has 3 N–H and O–H groups in total. The van der Waals surface area contributed by atoms with Crippen LogP contribution in [-0.4, -0.2) is 23.6 Å². The molecule has 1 aromatic carbocycles. The number of nitrogens with two attached hydrogens (primary N) is 1. The third kappa shape index (κ3) is 3.43. The van der Waals surface area contributed by atoms with Crippen molar-refractivity contribution in [1.82, 2.24) is 5.32 Å². The topological polar surface area (TPSA) is 87.8 Å². The average molecular weight is 346 g/mol. The van der Waals surface area contributed by atoms with Gasteiger partial charge >= 0.3 is 0 Å². The normalized spacial score (nSPS) is 16.8. The summed E-state index contributed by atoms with van der Waals surface area (Å²) in [7, 11) is 0. The second-order valence-electron chi connectivity index (χ2n) is 5.25. The fraction of sp³-hybridized carbons (Fsp3) is 0.188. The van der Waals surface area contributed by atoms with E-state index in [2.05, 4.69) is 10.4 Å². The molecule has 0 unspecified atom stereocenters. The van der Waals surface area contributed by atoms with Crippen molar-refractivity contribution in [3.8, 4) is 0 Å². The van der Waals surface area contributed by atoms with Gasteiger partial charge in [0.2, 0.25) is 5.91 Å². The van der Waals surface area contributed by atoms with Crippen LogP contribution in [0.4, 0.5) is 10.1 Å². The lowest BCUT2D eigenvalue weighted by molar-refractivity contribution is -0.119. The van der Waals surface area contributed by atoms with Crippen LogP contribution in [0, 0.1) is 5.82 Å². The maximum Gasteiger partial charge on any atom is 0.267 e. The molecule has 1 aromatic heterocycles. The Hall–Kier alpha value is -2.74. The van der Waals surface area contributed by atoms with Crippen LogP contribution >= 0.6 is 11.3 Å². The molecule has 0 spiro atoms. The fourth-order valence-corrected chi connectivity index (χ4v) is 3.03. The van der Waals surface area contributed by atoms with Gasteiger partial charge in [0.15, 0.2) is 0 Å². The molecule has 6 nitrogen and oxygen atoms in total. The Morgan fingerprint density at radius 3 is 2.71 bits per heavy atom. The summed E-state index contributed by atoms with van der Waals surface area (Å²) in [5.41, 5.74) is 6.13. The molecule has 0 saturated heterocycles. The maximum absolute atomic E-state index is 13.1. The van der Waals surface area contributed by atoms with E-state index < -0.39 is 17.8 Å². The van der Waals surface area contributed by atoms with E-state index in [0.29, 0.717) is 12.2 Å². The Bertz CT molecular complexity index is 774. The second-order valence-corrected chi connectivity index (χ2v) is 6.28. The summed E-state index contributed by atoms with van der Waals surface area (Å²) < 4.78 is 13.1. The van der Waals surface area contributed by atoms with E-state index in [-0.39, 0.29) is 18.0 Å². The molecule has 1 aliphatic rings. The van der Waals surface area contributed by atoms with E-state index in [4.69, 9.17) is 5.73 Å². The lowest BCUT2D eigenvalue weighted by Crippen LogP contribution is -2.39. The molecule has 2 aromatic rings. The Morgan fingerprint density at radius 1 is 1.33 bits per heavy atom. The van der Waals surface area contributed by atoms with Gasteiger partial charge in [0, 0.05) is 11.3 Å². The van der Waals surface area contributed by atoms with E-state index in [1.807, 2.05) is 17.5 Å². The van der Waals surface area contributed by atoms with Crippen molar-refractivity contribution in [2.45, 2.75) is 19.0 Å². The summed E-state index contributed by atoms with van der Waals surface area (Å²) in [4.78, 5) is 24.9. The van der Waals surface area contributed by atoms with Crippen LogP contribution in [0.5, 0.6) is 0 Å². The van der Waals surface area contributed by atoms with E-state index in [1.54, 1.807) is 0 Å². The number of nitrogens with zero attached hydrogens (tertiary/aromatic N) is 2. The molecule has 0 aliphatic carbocycles. The molecule has 24 heavy (non-hydrogen) atoms. The highest BCUT2D eigenvalue weighted by Gasteiger charge is 2.34. The molecule has 0 fully saturated rings. The third-order valence-corrected chi connectivity index (χ3v) is 4.47. The van der Waals surface area contributed by atoms with Gasteiger partial charge in [-0.2, -0.15) is 5.10 Å². The van der Waals surface area contributed by atoms with Gasteiger partial charge in [0.1, 0.15) is 17.6 Å². The monoisotopic (exact) mass is 346 g/mol. The largest absolute Gasteiger partial charge is 0.368 e. The number of hydrazone groups is 1. The van der Waals surface area contributed by atoms with Gasteiger partial charge in [-0.25, -0.2) is 4.39 Å². The molecule has 1 atom stereocenters. The molecule has 3 rings (SSSR count). The number of hydrogen-bond acceptors (Lipinski definition) is 5. The predicted octanol–water partition coefficient (Wildman–Crippen LogP) is 1.62. The number of rotatable bonds is 5. The lowest BCUT2D eigenvalue weighted by Gasteiger charge is -2.20. The number of benzene rings is 1. The summed E-state index contributed by atoms with van der Waals surface area (Å²) in [6.45, 7) is 0.396. The van der Waals surface area contributed by atoms with Crippen molar-refractivity contribution in [2.24, 2.45) is 10.8 Å². The van der Waals surface area contributed by atoms with Crippen molar-refractivity contribution < 1.29 is 14.0 Å². The fourth-order valence-electron chi connectivity index (χ4n) is 2.38. The smallest absolute Gasteiger partial charge is 0.267 e. The van der Waals surface area contributed by atoms with Crippen molar-refractivity contribution in [2.75, 3.05) is 5.01 Å². The van der Waals surface area contributed by atoms with Crippen LogP contribution in [0.2, 0.25) is 0 Å². The zero-order valence-electron chi connectivity index (χ0n) is 12.6. The first-order chi connectivity index (χ1) is 11.5. The molecule has 1 aliphatic heterocycles. The number of amides is 2. The average Bonchev–Trinajstić information content (AvgIpc) is 3.23. The molecule has 0 saturated carbocycles. The minimum absolute atomic E-state index is 0.114. The summed E-state index contributed by atoms with van der Waals surface area (Å²) in [6, 6.07) is 8.55. The standard InChI is InChI=1S/C16H15FN4O2S/c17-10-3-5-11(6-4-10)21-14(15(18)22)8-13(20-21)16(23)19-9-12-2-1-7-24-12/h1-7,14H,8-9H2,(H2,18,22)(H,19,23)/t14-/m1/s1. The second kappa shape index (κ2) is 6.79. The van der Waals surface area contributed by atoms with Crippen molar-refractivity contribution in [3.63, 3.8) is 0 Å². The Morgan fingerprint density at radius 2 is 2.08 bits per heavy atom. The van der Waals surface area contributed by atoms with Crippen LogP contribution in [0.1, 0.15) is 11.3 Å². The van der Waals surface area contributed by atoms with Crippen LogP contribution in [0.15, 0.2) is 46.9 Å². The lowest BCUT2D eigenvalue weighted by atomic mass is 10.1. The molecule has 0 radical (unpaired) electrons. The van der Waals surface area contributed by atoms with Gasteiger partial charge in [0.05, 0.1) is 12.2 Å². The number of thiophene rings is 1. The van der Waals surface area contributed by atoms with Gasteiger partial charge in [-0.05, 0) is 35.7 Å². The quantitative estimate of drug-likeness (QED) is 0.862. The first-order valence-corrected chi connectivity index (χ1v) is 8.15. The summed E-state index contributed by atoms with van der Waals surface area (Å²) >= 11 is 1.54. The number of hydrogen-bond donors (Lipinski definition) is 2. The molecule has 124 valence electrons. The minimum atomic E-state index is -0.766. The van der Waals surface area contributed by atoms with E-state index in [0.717, 1.165) is 4.88 Å². The number of carbonyl (C=O) groups excluding carboxylic acids is 2. The van der Waals surface area contributed by atoms with Gasteiger partial charge in [-0.1, -0.05) is 6.07 Å². The number of nitrogens with one attached hydrogen (secondary N) is 1. The molecular formula is C16H15FN4O2S. The number of anilines is 1. The molecule has 0 bridgehead atoms. The molecular weight excluding hydrogens is 331 g/mol. The number of halogens is 1. The molecule has 8 heteroatoms. The van der Waals surface area contributed by atoms with Gasteiger partial charge in [0.25, 0.3) is 5.91 Å². The predicted molar refractivity (Wildman–Crippen MR) is 90.1 cm³/mol. The summed E-state index contributed by atoms with van der Waals surface area (Å²) in [6.07, 6.45) is 0.114. The highest BCUT2D eigenvalue weighted by Crippen LogP contribution is 2.25. The van der Waals surface area contributed by atoms with Crippen molar-refractivity contribution >= 4 is 34.6 Å². The number of carbonyl (C=O) groups is 2. The molecule has 2 heterocycles. The summed E-state index contributed by atoms with van der Waals surface area (Å²) in [5.74, 6) is -1.34. The van der Waals surface area contributed by atoms with Crippen LogP contribution < -0.4 is 16.1 Å². The first-order valence-electron chi connectivity index (χ1n) is 7.27. The van der Waals surface area contributed by atoms with Gasteiger partial charge in [-0.3, -0.25) is 14.6 Å². The molecule has 2 amide bonds. The zero-order chi connectivity index (χ0) is 17.1. The van der Waals surface area contributed by atoms with E-state index >= 15 is 0 Å². The first kappa shape index (κ1) is 16.1. The minimum Gasteiger partial charge on any atom is -0.368 e. The zero-order valence-corrected chi connectivity index (χ0v) is 13.4. The highest BCUT2D eigenvalue weighted by atomic mass is 32.1. The van der Waals surface area contributed by atoms with Crippen LogP contribution in [-0.2, 0) is 16.1 Å². The van der Waals surface area contributed by atoms with Crippen LogP contribution in [0.25, 0.3) is 0 Å². The SMILES string of the molecule is NC(=O)[C@H]1CC(C(=O)NCc2cccs2)=NN1c1ccc(F)cc1. The third-order valence-electron chi connectivity index (χ3n) is 3.60. The van der Waals surface area contributed by atoms with E-state index in [1.165, 1.54) is 40.6 Å². The summed E-state index contributed by atoms with van der Waals surface area (Å²) in [5, 5.41) is 10.3. The Kier molecular flexibility index (Phi) is 4.57. The van der Waals surface area contributed by atoms with Gasteiger partial charge < -0.3 is 11.1 Å². The highest BCUT2D eigenvalue weighted by molar-refractivity contribution is 7.09. The Balaban J connectivity index is 1.75. The van der Waals surface area contributed by atoms with Gasteiger partial charge in [-0.15, -0.1) is 11.3 Å². The van der Waals surface area contributed by atoms with Crippen LogP contribution in [0.3, 0.4) is 0 Å². The van der Waals surface area contributed by atoms with Crippen molar-refractivity contribution in [1.29, 1.82) is 0 Å². The van der Waals surface area contributed by atoms with Crippen molar-refractivity contribution in [3.05, 3.63) is 52.5 Å². The Labute approximate surface area is 141 Å². The number of primary amides is 1. The maximum atomic E-state index is 13.1.